The van der Waals surface area contributed by atoms with E-state index in [2.05, 4.69) is 15.6 Å². The molecule has 0 aliphatic heterocycles. The summed E-state index contributed by atoms with van der Waals surface area (Å²) in [5, 5.41) is 12.5. The fourth-order valence-electron chi connectivity index (χ4n) is 1.19. The molecular formula is C11H17N5O. The predicted octanol–water partition coefficient (Wildman–Crippen LogP) is 1.26. The molecule has 0 saturated heterocycles. The number of guanidine groups is 1. The first-order valence-electron chi connectivity index (χ1n) is 5.32. The normalized spacial score (nSPS) is 9.59. The van der Waals surface area contributed by atoms with Gasteiger partial charge in [-0.1, -0.05) is 13.0 Å². The van der Waals surface area contributed by atoms with Gasteiger partial charge in [0.1, 0.15) is 5.82 Å². The average molecular weight is 235 g/mol. The van der Waals surface area contributed by atoms with Crippen LogP contribution in [-0.4, -0.2) is 36.0 Å². The molecular weight excluding hydrogens is 218 g/mol. The van der Waals surface area contributed by atoms with Gasteiger partial charge in [-0.25, -0.2) is 9.78 Å². The van der Waals surface area contributed by atoms with Gasteiger partial charge in [-0.15, -0.1) is 0 Å². The van der Waals surface area contributed by atoms with E-state index in [9.17, 15) is 4.79 Å². The maximum atomic E-state index is 11.6. The molecule has 1 aromatic heterocycles. The molecule has 0 radical (unpaired) electrons. The molecule has 0 aliphatic carbocycles. The first-order valence-corrected chi connectivity index (χ1v) is 5.32. The molecule has 1 rings (SSSR count). The van der Waals surface area contributed by atoms with E-state index >= 15 is 0 Å². The standard InChI is InChI=1S/C11H17N5O/c1-4-8-6-5-7-13-9(8)14-11(17)15-10(12)16(2)3/h5-7H,4H2,1-3H3,(H3,12,13,14,15,17). The molecule has 0 bridgehead atoms. The highest BCUT2D eigenvalue weighted by Gasteiger charge is 2.08. The van der Waals surface area contributed by atoms with Gasteiger partial charge in [-0.3, -0.25) is 16.0 Å². The zero-order chi connectivity index (χ0) is 12.8. The van der Waals surface area contributed by atoms with Gasteiger partial charge in [-0.05, 0) is 18.1 Å². The molecule has 0 aliphatic rings. The van der Waals surface area contributed by atoms with Crippen LogP contribution in [0, 0.1) is 5.41 Å². The molecule has 2 amide bonds. The molecule has 0 saturated carbocycles. The van der Waals surface area contributed by atoms with Gasteiger partial charge >= 0.3 is 6.03 Å². The third-order valence-electron chi connectivity index (χ3n) is 2.18. The first-order chi connectivity index (χ1) is 8.04. The third-order valence-corrected chi connectivity index (χ3v) is 2.18. The van der Waals surface area contributed by atoms with Crippen molar-refractivity contribution in [3.63, 3.8) is 0 Å². The maximum Gasteiger partial charge on any atom is 0.327 e. The van der Waals surface area contributed by atoms with Crippen molar-refractivity contribution in [2.45, 2.75) is 13.3 Å². The van der Waals surface area contributed by atoms with Crippen LogP contribution in [0.15, 0.2) is 18.3 Å². The molecule has 1 aromatic rings. The molecule has 0 aromatic carbocycles. The number of rotatable bonds is 2. The summed E-state index contributed by atoms with van der Waals surface area (Å²) >= 11 is 0. The topological polar surface area (TPSA) is 81.1 Å². The molecule has 0 spiro atoms. The van der Waals surface area contributed by atoms with E-state index in [1.54, 1.807) is 20.3 Å². The molecule has 0 fully saturated rings. The van der Waals surface area contributed by atoms with Gasteiger partial charge in [0.15, 0.2) is 5.96 Å². The minimum atomic E-state index is -0.461. The molecule has 6 nitrogen and oxygen atoms in total. The number of nitrogens with one attached hydrogen (secondary N) is 3. The lowest BCUT2D eigenvalue weighted by atomic mass is 10.2. The van der Waals surface area contributed by atoms with E-state index in [-0.39, 0.29) is 5.96 Å². The molecule has 92 valence electrons. The Kier molecular flexibility index (Phi) is 4.45. The number of urea groups is 1. The van der Waals surface area contributed by atoms with Crippen LogP contribution in [0.25, 0.3) is 0 Å². The zero-order valence-electron chi connectivity index (χ0n) is 10.2. The number of pyridine rings is 1. The van der Waals surface area contributed by atoms with Gasteiger partial charge in [0.05, 0.1) is 0 Å². The number of anilines is 1. The highest BCUT2D eigenvalue weighted by molar-refractivity contribution is 6.01. The lowest BCUT2D eigenvalue weighted by Gasteiger charge is -2.15. The summed E-state index contributed by atoms with van der Waals surface area (Å²) in [5.74, 6) is 0.551. The molecule has 6 heteroatoms. The SMILES string of the molecule is CCc1cccnc1NC(=O)NC(=N)N(C)C. The minimum absolute atomic E-state index is 0.0245. The second-order valence-electron chi connectivity index (χ2n) is 3.69. The second kappa shape index (κ2) is 5.83. The van der Waals surface area contributed by atoms with E-state index in [0.717, 1.165) is 12.0 Å². The van der Waals surface area contributed by atoms with Crippen LogP contribution in [0.1, 0.15) is 12.5 Å². The number of aryl methyl sites for hydroxylation is 1. The van der Waals surface area contributed by atoms with Crippen molar-refractivity contribution in [1.82, 2.24) is 15.2 Å². The summed E-state index contributed by atoms with van der Waals surface area (Å²) in [6.45, 7) is 1.99. The highest BCUT2D eigenvalue weighted by Crippen LogP contribution is 2.11. The molecule has 17 heavy (non-hydrogen) atoms. The Morgan fingerprint density at radius 2 is 2.24 bits per heavy atom. The van der Waals surface area contributed by atoms with Gasteiger partial charge in [-0.2, -0.15) is 0 Å². The van der Waals surface area contributed by atoms with Crippen molar-refractivity contribution in [1.29, 1.82) is 5.41 Å². The monoisotopic (exact) mass is 235 g/mol. The van der Waals surface area contributed by atoms with E-state index in [0.29, 0.717) is 5.82 Å². The summed E-state index contributed by atoms with van der Waals surface area (Å²) in [6.07, 6.45) is 2.40. The molecule has 3 N–H and O–H groups in total. The second-order valence-corrected chi connectivity index (χ2v) is 3.69. The van der Waals surface area contributed by atoms with Gasteiger partial charge < -0.3 is 4.90 Å². The van der Waals surface area contributed by atoms with Crippen LogP contribution in [-0.2, 0) is 6.42 Å². The number of aromatic nitrogens is 1. The fourth-order valence-corrected chi connectivity index (χ4v) is 1.19. The van der Waals surface area contributed by atoms with Crippen molar-refractivity contribution in [3.05, 3.63) is 23.9 Å². The summed E-state index contributed by atoms with van der Waals surface area (Å²) in [5.41, 5.74) is 0.957. The van der Waals surface area contributed by atoms with E-state index in [4.69, 9.17) is 5.41 Å². The van der Waals surface area contributed by atoms with Crippen molar-refractivity contribution >= 4 is 17.8 Å². The van der Waals surface area contributed by atoms with Crippen LogP contribution < -0.4 is 10.6 Å². The quantitative estimate of drug-likeness (QED) is 0.533. The van der Waals surface area contributed by atoms with E-state index in [1.807, 2.05) is 19.1 Å². The number of carbonyl (C=O) groups excluding carboxylic acids is 1. The summed E-state index contributed by atoms with van der Waals surface area (Å²) in [7, 11) is 3.36. The summed E-state index contributed by atoms with van der Waals surface area (Å²) < 4.78 is 0. The number of carbonyl (C=O) groups is 1. The number of amides is 2. The van der Waals surface area contributed by atoms with Crippen LogP contribution in [0.3, 0.4) is 0 Å². The lowest BCUT2D eigenvalue weighted by Crippen LogP contribution is -2.41. The van der Waals surface area contributed by atoms with Crippen molar-refractivity contribution in [3.8, 4) is 0 Å². The smallest absolute Gasteiger partial charge is 0.327 e. The number of hydrogen-bond donors (Lipinski definition) is 3. The fraction of sp³-hybridized carbons (Fsp3) is 0.364. The van der Waals surface area contributed by atoms with E-state index < -0.39 is 6.03 Å². The minimum Gasteiger partial charge on any atom is -0.349 e. The van der Waals surface area contributed by atoms with Crippen LogP contribution in [0.5, 0.6) is 0 Å². The highest BCUT2D eigenvalue weighted by atomic mass is 16.2. The lowest BCUT2D eigenvalue weighted by molar-refractivity contribution is 0.255. The average Bonchev–Trinajstić information content (AvgIpc) is 2.29. The van der Waals surface area contributed by atoms with Gasteiger partial charge in [0, 0.05) is 20.3 Å². The van der Waals surface area contributed by atoms with Crippen LogP contribution in [0.2, 0.25) is 0 Å². The van der Waals surface area contributed by atoms with E-state index in [1.165, 1.54) is 4.90 Å². The first kappa shape index (κ1) is 13.0. The maximum absolute atomic E-state index is 11.6. The van der Waals surface area contributed by atoms with Crippen molar-refractivity contribution in [2.24, 2.45) is 0 Å². The van der Waals surface area contributed by atoms with Crippen molar-refractivity contribution in [2.75, 3.05) is 19.4 Å². The van der Waals surface area contributed by atoms with Crippen LogP contribution in [0.4, 0.5) is 10.6 Å². The van der Waals surface area contributed by atoms with Gasteiger partial charge in [0.25, 0.3) is 0 Å². The number of nitrogens with zero attached hydrogens (tertiary/aromatic N) is 2. The summed E-state index contributed by atoms with van der Waals surface area (Å²) in [4.78, 5) is 17.2. The Morgan fingerprint density at radius 3 is 2.82 bits per heavy atom. The molecule has 0 unspecified atom stereocenters. The summed E-state index contributed by atoms with van der Waals surface area (Å²) in [6, 6.07) is 3.26. The molecule has 1 heterocycles. The largest absolute Gasteiger partial charge is 0.349 e. The Bertz CT molecular complexity index is 416. The van der Waals surface area contributed by atoms with Crippen LogP contribution >= 0.6 is 0 Å². The number of hydrogen-bond acceptors (Lipinski definition) is 3. The Balaban J connectivity index is 2.65. The Hall–Kier alpha value is -2.11. The Labute approximate surface area is 101 Å². The predicted molar refractivity (Wildman–Crippen MR) is 67.2 cm³/mol. The zero-order valence-corrected chi connectivity index (χ0v) is 10.2. The molecule has 0 atom stereocenters. The Morgan fingerprint density at radius 1 is 1.53 bits per heavy atom. The van der Waals surface area contributed by atoms with Gasteiger partial charge in [0.2, 0.25) is 0 Å². The third kappa shape index (κ3) is 3.75. The van der Waals surface area contributed by atoms with Crippen molar-refractivity contribution < 1.29 is 4.79 Å².